The van der Waals surface area contributed by atoms with Crippen LogP contribution in [0.25, 0.3) is 0 Å². The van der Waals surface area contributed by atoms with Crippen molar-refractivity contribution in [1.29, 1.82) is 0 Å². The lowest BCUT2D eigenvalue weighted by Crippen LogP contribution is -2.56. The molecule has 4 heterocycles. The molecule has 200 valence electrons. The quantitative estimate of drug-likeness (QED) is 0.419. The molecule has 0 saturated carbocycles. The average molecular weight is 525 g/mol. The molecule has 2 aliphatic heterocycles. The Balaban J connectivity index is 1.57. The van der Waals surface area contributed by atoms with E-state index in [2.05, 4.69) is 20.3 Å². The molecule has 12 nitrogen and oxygen atoms in total. The summed E-state index contributed by atoms with van der Waals surface area (Å²) in [5.41, 5.74) is 0.481. The number of aliphatic hydroxyl groups excluding tert-OH is 2. The van der Waals surface area contributed by atoms with Gasteiger partial charge in [0.05, 0.1) is 24.5 Å². The zero-order valence-electron chi connectivity index (χ0n) is 19.8. The number of aliphatic hydroxyl groups is 2. The van der Waals surface area contributed by atoms with E-state index < -0.39 is 42.7 Å². The Labute approximate surface area is 209 Å². The van der Waals surface area contributed by atoms with Crippen LogP contribution in [-0.2, 0) is 0 Å². The number of alkyl halides is 3. The summed E-state index contributed by atoms with van der Waals surface area (Å²) < 4.78 is 44.0. The highest BCUT2D eigenvalue weighted by atomic mass is 19.4. The molecule has 0 radical (unpaired) electrons. The van der Waals surface area contributed by atoms with Gasteiger partial charge in [0.25, 0.3) is 5.91 Å². The van der Waals surface area contributed by atoms with Gasteiger partial charge in [0.15, 0.2) is 5.82 Å². The van der Waals surface area contributed by atoms with Gasteiger partial charge in [-0.15, -0.1) is 0 Å². The first-order valence-electron chi connectivity index (χ1n) is 11.6. The molecule has 0 aromatic carbocycles. The van der Waals surface area contributed by atoms with Crippen LogP contribution in [0.3, 0.4) is 0 Å². The molecule has 3 amide bonds. The molecule has 4 N–H and O–H groups in total. The zero-order chi connectivity index (χ0) is 26.7. The molecule has 1 unspecified atom stereocenters. The van der Waals surface area contributed by atoms with Crippen LogP contribution in [0.2, 0.25) is 0 Å². The molecule has 37 heavy (non-hydrogen) atoms. The highest BCUT2D eigenvalue weighted by Crippen LogP contribution is 2.37. The minimum absolute atomic E-state index is 0.103. The predicted octanol–water partition coefficient (Wildman–Crippen LogP) is 1.31. The van der Waals surface area contributed by atoms with Crippen LogP contribution in [0.1, 0.15) is 30.4 Å². The Hall–Kier alpha value is -3.72. The van der Waals surface area contributed by atoms with Gasteiger partial charge >= 0.3 is 12.2 Å². The van der Waals surface area contributed by atoms with Gasteiger partial charge in [0.2, 0.25) is 11.7 Å². The molecule has 2 aliphatic rings. The van der Waals surface area contributed by atoms with E-state index in [1.165, 1.54) is 23.2 Å². The topological polar surface area (TPSA) is 153 Å². The number of aromatic nitrogens is 3. The van der Waals surface area contributed by atoms with Crippen LogP contribution in [0.4, 0.5) is 35.3 Å². The number of amides is 3. The van der Waals surface area contributed by atoms with Crippen LogP contribution in [0.15, 0.2) is 24.4 Å². The molecule has 1 saturated heterocycles. The van der Waals surface area contributed by atoms with E-state index in [-0.39, 0.29) is 30.2 Å². The molecular weight excluding hydrogens is 499 g/mol. The first kappa shape index (κ1) is 26.3. The first-order chi connectivity index (χ1) is 17.6. The second-order valence-electron chi connectivity index (χ2n) is 8.69. The lowest BCUT2D eigenvalue weighted by Gasteiger charge is -2.45. The van der Waals surface area contributed by atoms with Gasteiger partial charge in [-0.25, -0.2) is 14.8 Å². The molecule has 15 heteroatoms. The van der Waals surface area contributed by atoms with E-state index >= 15 is 0 Å². The van der Waals surface area contributed by atoms with Crippen LogP contribution in [0.5, 0.6) is 5.88 Å². The lowest BCUT2D eigenvalue weighted by molar-refractivity contribution is -0.149. The minimum atomic E-state index is -4.64. The van der Waals surface area contributed by atoms with Crippen molar-refractivity contribution in [1.82, 2.24) is 20.3 Å². The monoisotopic (exact) mass is 525 g/mol. The molecule has 2 aromatic heterocycles. The Morgan fingerprint density at radius 3 is 2.81 bits per heavy atom. The number of carbonyl (C=O) groups is 2. The van der Waals surface area contributed by atoms with E-state index in [9.17, 15) is 27.9 Å². The summed E-state index contributed by atoms with van der Waals surface area (Å²) in [6.45, 7) is 1.30. The summed E-state index contributed by atoms with van der Waals surface area (Å²) in [5, 5.41) is 22.8. The van der Waals surface area contributed by atoms with Crippen LogP contribution >= 0.6 is 0 Å². The van der Waals surface area contributed by atoms with E-state index in [1.54, 1.807) is 6.07 Å². The number of hydrogen-bond acceptors (Lipinski definition) is 9. The third-order valence-electron chi connectivity index (χ3n) is 5.93. The predicted molar refractivity (Wildman–Crippen MR) is 125 cm³/mol. The Morgan fingerprint density at radius 1 is 1.30 bits per heavy atom. The standard InChI is InChI=1S/C22H26F3N7O5/c1-12(22(23,24)25)27-20(35)18-26-8-15-19(30-18)32(13-4-3-7-31(15)9-13)21(36)29-16-5-2-6-17(28-16)37-11-14(34)10-33/h2,5-6,8,12-14,33-34H,3-4,7,9-11H2,1H3,(H,27,35)(H,28,29,36)/t12-,13?,14-/m1/s1. The number of carbonyl (C=O) groups excluding carboxylic acids is 2. The van der Waals surface area contributed by atoms with Gasteiger partial charge in [0, 0.05) is 19.2 Å². The maximum atomic E-state index is 13.4. The third-order valence-corrected chi connectivity index (χ3v) is 5.93. The lowest BCUT2D eigenvalue weighted by atomic mass is 10.0. The van der Waals surface area contributed by atoms with Crippen molar-refractivity contribution in [2.24, 2.45) is 0 Å². The maximum absolute atomic E-state index is 13.4. The summed E-state index contributed by atoms with van der Waals surface area (Å²) in [7, 11) is 0. The van der Waals surface area contributed by atoms with Gasteiger partial charge < -0.3 is 25.2 Å². The van der Waals surface area contributed by atoms with Crippen molar-refractivity contribution in [2.45, 2.75) is 44.1 Å². The summed E-state index contributed by atoms with van der Waals surface area (Å²) in [4.78, 5) is 41.4. The summed E-state index contributed by atoms with van der Waals surface area (Å²) in [5.74, 6) is -1.27. The number of halogens is 3. The number of nitrogens with zero attached hydrogens (tertiary/aromatic N) is 5. The van der Waals surface area contributed by atoms with Gasteiger partial charge in [-0.2, -0.15) is 18.2 Å². The normalized spacial score (nSPS) is 18.5. The zero-order valence-corrected chi connectivity index (χ0v) is 19.8. The molecule has 0 aliphatic carbocycles. The average Bonchev–Trinajstić information content (AvgIpc) is 2.86. The molecule has 4 rings (SSSR count). The number of urea groups is 1. The van der Waals surface area contributed by atoms with Crippen LogP contribution in [-0.4, -0.2) is 87.8 Å². The van der Waals surface area contributed by atoms with Crippen molar-refractivity contribution in [3.8, 4) is 5.88 Å². The largest absolute Gasteiger partial charge is 0.475 e. The molecule has 2 aromatic rings. The SMILES string of the molecule is C[C@@H](NC(=O)c1ncc2c(n1)N(C(=O)Nc1cccc(OC[C@H](O)CO)n1)C1CCCN2C1)C(F)(F)F. The van der Waals surface area contributed by atoms with E-state index in [4.69, 9.17) is 9.84 Å². The van der Waals surface area contributed by atoms with Crippen LogP contribution < -0.4 is 25.2 Å². The molecule has 2 bridgehead atoms. The van der Waals surface area contributed by atoms with E-state index in [1.807, 2.05) is 10.2 Å². The summed E-state index contributed by atoms with van der Waals surface area (Å²) in [6, 6.07) is 1.57. The van der Waals surface area contributed by atoms with Crippen molar-refractivity contribution < 1.29 is 37.7 Å². The van der Waals surface area contributed by atoms with Crippen molar-refractivity contribution >= 4 is 29.3 Å². The molecule has 0 spiro atoms. The fourth-order valence-corrected chi connectivity index (χ4v) is 4.01. The van der Waals surface area contributed by atoms with E-state index in [0.29, 0.717) is 25.2 Å². The van der Waals surface area contributed by atoms with Gasteiger partial charge in [-0.05, 0) is 25.8 Å². The highest BCUT2D eigenvalue weighted by Gasteiger charge is 2.40. The number of hydrogen-bond donors (Lipinski definition) is 4. The highest BCUT2D eigenvalue weighted by molar-refractivity contribution is 6.04. The first-order valence-corrected chi connectivity index (χ1v) is 11.6. The third kappa shape index (κ3) is 5.99. The number of piperidine rings is 1. The smallest absolute Gasteiger partial charge is 0.408 e. The molecule has 1 fully saturated rings. The summed E-state index contributed by atoms with van der Waals surface area (Å²) >= 11 is 0. The molecule has 3 atom stereocenters. The Bertz CT molecular complexity index is 1150. The fraction of sp³-hybridized carbons (Fsp3) is 0.500. The number of fused-ring (bicyclic) bond motifs is 4. The Kier molecular flexibility index (Phi) is 7.63. The van der Waals surface area contributed by atoms with Gasteiger partial charge in [0.1, 0.15) is 24.6 Å². The second kappa shape index (κ2) is 10.7. The summed E-state index contributed by atoms with van der Waals surface area (Å²) in [6.07, 6.45) is -2.97. The maximum Gasteiger partial charge on any atom is 0.408 e. The van der Waals surface area contributed by atoms with Gasteiger partial charge in [-0.1, -0.05) is 6.07 Å². The second-order valence-corrected chi connectivity index (χ2v) is 8.69. The Morgan fingerprint density at radius 2 is 2.08 bits per heavy atom. The van der Waals surface area contributed by atoms with E-state index in [0.717, 1.165) is 13.3 Å². The number of pyridine rings is 1. The van der Waals surface area contributed by atoms with Crippen LogP contribution in [0, 0.1) is 0 Å². The molecular formula is C22H26F3N7O5. The number of rotatable bonds is 7. The number of nitrogens with one attached hydrogen (secondary N) is 2. The fourth-order valence-electron chi connectivity index (χ4n) is 4.01. The van der Waals surface area contributed by atoms with Crippen molar-refractivity contribution in [3.05, 3.63) is 30.2 Å². The van der Waals surface area contributed by atoms with Gasteiger partial charge in [-0.3, -0.25) is 15.0 Å². The minimum Gasteiger partial charge on any atom is -0.475 e. The van der Waals surface area contributed by atoms with Crippen molar-refractivity contribution in [3.63, 3.8) is 0 Å². The van der Waals surface area contributed by atoms with Crippen molar-refractivity contribution in [2.75, 3.05) is 41.4 Å². The number of anilines is 3. The number of ether oxygens (including phenoxy) is 1.